The van der Waals surface area contributed by atoms with Crippen LogP contribution in [0.25, 0.3) is 0 Å². The van der Waals surface area contributed by atoms with Gasteiger partial charge in [0.15, 0.2) is 0 Å². The molecule has 9 heavy (non-hydrogen) atoms. The van der Waals surface area contributed by atoms with E-state index in [4.69, 9.17) is 4.74 Å². The van der Waals surface area contributed by atoms with Crippen LogP contribution < -0.4 is 4.74 Å². The average molecular weight is 124 g/mol. The molecule has 0 aromatic carbocycles. The second-order valence-corrected chi connectivity index (χ2v) is 2.29. The number of aromatic nitrogens is 2. The van der Waals surface area contributed by atoms with Gasteiger partial charge in [-0.3, -0.25) is 4.57 Å². The molecule has 0 radical (unpaired) electrons. The van der Waals surface area contributed by atoms with Crippen molar-refractivity contribution in [2.75, 3.05) is 0 Å². The topological polar surface area (TPSA) is 27.1 Å². The van der Waals surface area contributed by atoms with Crippen molar-refractivity contribution in [1.29, 1.82) is 0 Å². The minimum atomic E-state index is 0.300. The first-order chi connectivity index (χ1) is 4.36. The molecule has 0 spiro atoms. The summed E-state index contributed by atoms with van der Waals surface area (Å²) < 4.78 is 7.30. The molecule has 2 heterocycles. The minimum absolute atomic E-state index is 0.300. The van der Waals surface area contributed by atoms with Gasteiger partial charge in [-0.1, -0.05) is 0 Å². The molecule has 0 saturated heterocycles. The van der Waals surface area contributed by atoms with Gasteiger partial charge in [-0.05, 0) is 6.92 Å². The highest BCUT2D eigenvalue weighted by Crippen LogP contribution is 2.17. The van der Waals surface area contributed by atoms with Crippen molar-refractivity contribution in [2.45, 2.75) is 19.6 Å². The van der Waals surface area contributed by atoms with Crippen molar-refractivity contribution in [1.82, 2.24) is 9.55 Å². The third-order valence-corrected chi connectivity index (χ3v) is 1.44. The number of ether oxygens (including phenoxy) is 1. The first kappa shape index (κ1) is 4.85. The van der Waals surface area contributed by atoms with Crippen LogP contribution in [0.3, 0.4) is 0 Å². The van der Waals surface area contributed by atoms with Crippen LogP contribution in [0.5, 0.6) is 6.01 Å². The van der Waals surface area contributed by atoms with E-state index in [1.54, 1.807) is 6.20 Å². The predicted molar refractivity (Wildman–Crippen MR) is 32.3 cm³/mol. The molecule has 1 aromatic rings. The van der Waals surface area contributed by atoms with Gasteiger partial charge < -0.3 is 4.74 Å². The van der Waals surface area contributed by atoms with E-state index in [0.29, 0.717) is 6.10 Å². The maximum atomic E-state index is 5.30. The van der Waals surface area contributed by atoms with Crippen molar-refractivity contribution in [3.05, 3.63) is 12.4 Å². The van der Waals surface area contributed by atoms with Gasteiger partial charge in [0, 0.05) is 12.4 Å². The lowest BCUT2D eigenvalue weighted by atomic mass is 10.4. The molecule has 0 amide bonds. The molecule has 1 aliphatic rings. The Balaban J connectivity index is 2.39. The van der Waals surface area contributed by atoms with Gasteiger partial charge in [0.1, 0.15) is 6.10 Å². The Kier molecular flexibility index (Phi) is 0.806. The van der Waals surface area contributed by atoms with Crippen molar-refractivity contribution in [3.63, 3.8) is 0 Å². The SMILES string of the molecule is CC1Cn2ccnc2O1. The molecule has 3 nitrogen and oxygen atoms in total. The summed E-state index contributed by atoms with van der Waals surface area (Å²) in [5.41, 5.74) is 0. The molecule has 2 rings (SSSR count). The second-order valence-electron chi connectivity index (χ2n) is 2.29. The molecular formula is C6H8N2O. The van der Waals surface area contributed by atoms with Gasteiger partial charge in [-0.2, -0.15) is 0 Å². The highest BCUT2D eigenvalue weighted by Gasteiger charge is 2.17. The van der Waals surface area contributed by atoms with Gasteiger partial charge in [-0.15, -0.1) is 0 Å². The Morgan fingerprint density at radius 3 is 3.56 bits per heavy atom. The van der Waals surface area contributed by atoms with Crippen molar-refractivity contribution >= 4 is 0 Å². The van der Waals surface area contributed by atoms with Crippen molar-refractivity contribution in [2.24, 2.45) is 0 Å². The van der Waals surface area contributed by atoms with Crippen LogP contribution in [0.2, 0.25) is 0 Å². The summed E-state index contributed by atoms with van der Waals surface area (Å²) in [4.78, 5) is 3.99. The summed E-state index contributed by atoms with van der Waals surface area (Å²) >= 11 is 0. The number of nitrogens with zero attached hydrogens (tertiary/aromatic N) is 2. The Hall–Kier alpha value is -0.990. The van der Waals surface area contributed by atoms with Crippen LogP contribution in [-0.4, -0.2) is 15.7 Å². The highest BCUT2D eigenvalue weighted by atomic mass is 16.5. The zero-order valence-corrected chi connectivity index (χ0v) is 5.24. The van der Waals surface area contributed by atoms with Crippen molar-refractivity contribution < 1.29 is 4.74 Å². The predicted octanol–water partition coefficient (Wildman–Crippen LogP) is 0.664. The van der Waals surface area contributed by atoms with Crippen LogP contribution >= 0.6 is 0 Å². The molecule has 1 aromatic heterocycles. The molecular weight excluding hydrogens is 116 g/mol. The molecule has 0 N–H and O–H groups in total. The Bertz CT molecular complexity index is 198. The summed E-state index contributed by atoms with van der Waals surface area (Å²) in [5, 5.41) is 0. The van der Waals surface area contributed by atoms with Gasteiger partial charge in [0.2, 0.25) is 0 Å². The largest absolute Gasteiger partial charge is 0.460 e. The first-order valence-electron chi connectivity index (χ1n) is 3.04. The number of hydrogen-bond donors (Lipinski definition) is 0. The Labute approximate surface area is 53.3 Å². The summed E-state index contributed by atoms with van der Waals surface area (Å²) in [7, 11) is 0. The zero-order valence-electron chi connectivity index (χ0n) is 5.24. The van der Waals surface area contributed by atoms with E-state index >= 15 is 0 Å². The van der Waals surface area contributed by atoms with E-state index in [9.17, 15) is 0 Å². The molecule has 0 fully saturated rings. The fourth-order valence-electron chi connectivity index (χ4n) is 1.05. The Morgan fingerprint density at radius 2 is 2.78 bits per heavy atom. The lowest BCUT2D eigenvalue weighted by Gasteiger charge is -1.96. The Morgan fingerprint density at radius 1 is 1.89 bits per heavy atom. The van der Waals surface area contributed by atoms with E-state index in [1.165, 1.54) is 0 Å². The van der Waals surface area contributed by atoms with Gasteiger partial charge in [0.25, 0.3) is 6.01 Å². The van der Waals surface area contributed by atoms with Crippen molar-refractivity contribution in [3.8, 4) is 6.01 Å². The van der Waals surface area contributed by atoms with E-state index in [1.807, 2.05) is 17.7 Å². The smallest absolute Gasteiger partial charge is 0.296 e. The van der Waals surface area contributed by atoms with E-state index in [2.05, 4.69) is 4.98 Å². The van der Waals surface area contributed by atoms with Crippen LogP contribution in [0.15, 0.2) is 12.4 Å². The first-order valence-corrected chi connectivity index (χ1v) is 3.04. The maximum absolute atomic E-state index is 5.30. The molecule has 1 unspecified atom stereocenters. The van der Waals surface area contributed by atoms with Crippen LogP contribution in [0, 0.1) is 0 Å². The molecule has 0 bridgehead atoms. The summed E-state index contributed by atoms with van der Waals surface area (Å²) in [6, 6.07) is 0.752. The molecule has 0 saturated carbocycles. The lowest BCUT2D eigenvalue weighted by Crippen LogP contribution is -2.07. The average Bonchev–Trinajstić information content (AvgIpc) is 2.22. The fourth-order valence-corrected chi connectivity index (χ4v) is 1.05. The molecule has 1 aliphatic heterocycles. The van der Waals surface area contributed by atoms with Gasteiger partial charge in [-0.25, -0.2) is 4.98 Å². The lowest BCUT2D eigenvalue weighted by molar-refractivity contribution is 0.246. The second kappa shape index (κ2) is 1.50. The van der Waals surface area contributed by atoms with Gasteiger partial charge >= 0.3 is 0 Å². The summed E-state index contributed by atoms with van der Waals surface area (Å²) in [6.07, 6.45) is 3.98. The quantitative estimate of drug-likeness (QED) is 0.508. The van der Waals surface area contributed by atoms with Crippen LogP contribution in [-0.2, 0) is 6.54 Å². The van der Waals surface area contributed by atoms with E-state index in [-0.39, 0.29) is 0 Å². The third kappa shape index (κ3) is 0.608. The van der Waals surface area contributed by atoms with Crippen LogP contribution in [0.1, 0.15) is 6.92 Å². The number of hydrogen-bond acceptors (Lipinski definition) is 2. The highest BCUT2D eigenvalue weighted by molar-refractivity contribution is 5.03. The molecule has 1 atom stereocenters. The zero-order chi connectivity index (χ0) is 6.27. The fraction of sp³-hybridized carbons (Fsp3) is 0.500. The van der Waals surface area contributed by atoms with E-state index < -0.39 is 0 Å². The standard InChI is InChI=1S/C6H8N2O/c1-5-4-8-3-2-7-6(8)9-5/h2-3,5H,4H2,1H3. The normalized spacial score (nSPS) is 23.4. The number of imidazole rings is 1. The van der Waals surface area contributed by atoms with Crippen LogP contribution in [0.4, 0.5) is 0 Å². The third-order valence-electron chi connectivity index (χ3n) is 1.44. The monoisotopic (exact) mass is 124 g/mol. The minimum Gasteiger partial charge on any atom is -0.460 e. The molecule has 48 valence electrons. The summed E-state index contributed by atoms with van der Waals surface area (Å²) in [6.45, 7) is 2.98. The maximum Gasteiger partial charge on any atom is 0.296 e. The molecule has 0 aliphatic carbocycles. The molecule has 3 heteroatoms. The van der Waals surface area contributed by atoms with E-state index in [0.717, 1.165) is 12.6 Å². The number of fused-ring (bicyclic) bond motifs is 1. The van der Waals surface area contributed by atoms with Gasteiger partial charge in [0.05, 0.1) is 6.54 Å². The number of rotatable bonds is 0. The summed E-state index contributed by atoms with van der Waals surface area (Å²) in [5.74, 6) is 0.